The lowest BCUT2D eigenvalue weighted by Crippen LogP contribution is -2.45. The zero-order valence-electron chi connectivity index (χ0n) is 14.1. The minimum atomic E-state index is -3.44. The number of nitrogens with zero attached hydrogens (tertiary/aromatic N) is 1. The van der Waals surface area contributed by atoms with Gasteiger partial charge in [-0.05, 0) is 70.0 Å². The van der Waals surface area contributed by atoms with Crippen LogP contribution in [-0.2, 0) is 10.0 Å². The van der Waals surface area contributed by atoms with E-state index in [0.29, 0.717) is 10.8 Å². The molecule has 1 saturated carbocycles. The Morgan fingerprint density at radius 3 is 2.45 bits per heavy atom. The lowest BCUT2D eigenvalue weighted by Gasteiger charge is -2.33. The van der Waals surface area contributed by atoms with Crippen molar-refractivity contribution < 1.29 is 8.42 Å². The third-order valence-electron chi connectivity index (χ3n) is 4.60. The van der Waals surface area contributed by atoms with Crippen LogP contribution in [0.4, 0.5) is 0 Å². The zero-order chi connectivity index (χ0) is 16.3. The molecule has 0 saturated heterocycles. The Morgan fingerprint density at radius 1 is 1.14 bits per heavy atom. The Kier molecular flexibility index (Phi) is 5.64. The maximum absolute atomic E-state index is 12.7. The van der Waals surface area contributed by atoms with E-state index < -0.39 is 10.0 Å². The van der Waals surface area contributed by atoms with Crippen molar-refractivity contribution in [2.75, 3.05) is 20.6 Å². The standard InChI is InChI=1S/C17H28N2O2S/c1-13-9-10-16(11-14(13)2)22(20,21)18-17-8-6-5-7-15(17)12-19(3)4/h9-11,15,17-18H,5-8,12H2,1-4H3. The van der Waals surface area contributed by atoms with Crippen molar-refractivity contribution in [2.24, 2.45) is 5.92 Å². The van der Waals surface area contributed by atoms with Gasteiger partial charge in [-0.3, -0.25) is 0 Å². The summed E-state index contributed by atoms with van der Waals surface area (Å²) < 4.78 is 28.3. The topological polar surface area (TPSA) is 49.4 Å². The van der Waals surface area contributed by atoms with E-state index in [2.05, 4.69) is 9.62 Å². The van der Waals surface area contributed by atoms with Crippen molar-refractivity contribution in [3.63, 3.8) is 0 Å². The molecule has 0 spiro atoms. The number of sulfonamides is 1. The quantitative estimate of drug-likeness (QED) is 0.906. The fourth-order valence-electron chi connectivity index (χ4n) is 3.20. The number of aryl methyl sites for hydroxylation is 2. The van der Waals surface area contributed by atoms with Crippen LogP contribution >= 0.6 is 0 Å². The SMILES string of the molecule is Cc1ccc(S(=O)(=O)NC2CCCCC2CN(C)C)cc1C. The largest absolute Gasteiger partial charge is 0.309 e. The minimum absolute atomic E-state index is 0.0442. The smallest absolute Gasteiger partial charge is 0.240 e. The van der Waals surface area contributed by atoms with Crippen LogP contribution in [0.25, 0.3) is 0 Å². The van der Waals surface area contributed by atoms with E-state index in [1.54, 1.807) is 12.1 Å². The van der Waals surface area contributed by atoms with Gasteiger partial charge >= 0.3 is 0 Å². The van der Waals surface area contributed by atoms with Gasteiger partial charge in [0.1, 0.15) is 0 Å². The summed E-state index contributed by atoms with van der Waals surface area (Å²) in [7, 11) is 0.654. The van der Waals surface area contributed by atoms with Crippen LogP contribution in [0, 0.1) is 19.8 Å². The summed E-state index contributed by atoms with van der Waals surface area (Å²) in [5.41, 5.74) is 2.12. The summed E-state index contributed by atoms with van der Waals surface area (Å²) in [6.45, 7) is 4.87. The molecular formula is C17H28N2O2S. The van der Waals surface area contributed by atoms with Gasteiger partial charge in [0.05, 0.1) is 4.90 Å². The molecule has 0 aliphatic heterocycles. The number of nitrogens with one attached hydrogen (secondary N) is 1. The maximum Gasteiger partial charge on any atom is 0.240 e. The second kappa shape index (κ2) is 7.11. The van der Waals surface area contributed by atoms with Crippen molar-refractivity contribution in [1.82, 2.24) is 9.62 Å². The number of benzene rings is 1. The summed E-state index contributed by atoms with van der Waals surface area (Å²) in [6, 6.07) is 5.39. The van der Waals surface area contributed by atoms with Crippen molar-refractivity contribution in [3.8, 4) is 0 Å². The Labute approximate surface area is 135 Å². The maximum atomic E-state index is 12.7. The van der Waals surface area contributed by atoms with Gasteiger partial charge in [0.15, 0.2) is 0 Å². The highest BCUT2D eigenvalue weighted by atomic mass is 32.2. The molecule has 124 valence electrons. The Hall–Kier alpha value is -0.910. The summed E-state index contributed by atoms with van der Waals surface area (Å²) >= 11 is 0. The van der Waals surface area contributed by atoms with Gasteiger partial charge in [0, 0.05) is 12.6 Å². The van der Waals surface area contributed by atoms with Gasteiger partial charge in [-0.25, -0.2) is 13.1 Å². The minimum Gasteiger partial charge on any atom is -0.309 e. The molecule has 1 fully saturated rings. The molecule has 0 bridgehead atoms. The van der Waals surface area contributed by atoms with Gasteiger partial charge in [-0.2, -0.15) is 0 Å². The van der Waals surface area contributed by atoms with E-state index in [1.807, 2.05) is 34.0 Å². The number of hydrogen-bond donors (Lipinski definition) is 1. The van der Waals surface area contributed by atoms with E-state index in [0.717, 1.165) is 36.9 Å². The molecule has 0 amide bonds. The first kappa shape index (κ1) is 17.4. The highest BCUT2D eigenvalue weighted by Gasteiger charge is 2.29. The molecule has 2 rings (SSSR count). The van der Waals surface area contributed by atoms with Crippen molar-refractivity contribution in [1.29, 1.82) is 0 Å². The molecule has 1 N–H and O–H groups in total. The first-order chi connectivity index (χ1) is 10.3. The predicted molar refractivity (Wildman–Crippen MR) is 90.5 cm³/mol. The molecule has 5 heteroatoms. The third-order valence-corrected chi connectivity index (χ3v) is 6.09. The molecule has 22 heavy (non-hydrogen) atoms. The molecule has 0 heterocycles. The van der Waals surface area contributed by atoms with Gasteiger partial charge in [0.2, 0.25) is 10.0 Å². The van der Waals surface area contributed by atoms with E-state index in [1.165, 1.54) is 6.42 Å². The zero-order valence-corrected chi connectivity index (χ0v) is 14.9. The fourth-order valence-corrected chi connectivity index (χ4v) is 4.62. The summed E-state index contributed by atoms with van der Waals surface area (Å²) in [6.07, 6.45) is 4.32. The van der Waals surface area contributed by atoms with E-state index in [4.69, 9.17) is 0 Å². The number of rotatable bonds is 5. The molecule has 1 aromatic rings. The second-order valence-corrected chi connectivity index (χ2v) is 8.49. The summed E-state index contributed by atoms with van der Waals surface area (Å²) in [4.78, 5) is 2.53. The van der Waals surface area contributed by atoms with Crippen LogP contribution in [0.1, 0.15) is 36.8 Å². The Morgan fingerprint density at radius 2 is 1.82 bits per heavy atom. The van der Waals surface area contributed by atoms with Gasteiger partial charge < -0.3 is 4.90 Å². The van der Waals surface area contributed by atoms with E-state index in [9.17, 15) is 8.42 Å². The lowest BCUT2D eigenvalue weighted by atomic mass is 9.85. The van der Waals surface area contributed by atoms with Crippen molar-refractivity contribution in [3.05, 3.63) is 29.3 Å². The van der Waals surface area contributed by atoms with Crippen LogP contribution in [-0.4, -0.2) is 40.0 Å². The number of hydrogen-bond acceptors (Lipinski definition) is 3. The van der Waals surface area contributed by atoms with Crippen LogP contribution in [0.15, 0.2) is 23.1 Å². The molecule has 1 aliphatic carbocycles. The predicted octanol–water partition coefficient (Wildman–Crippen LogP) is 2.70. The molecular weight excluding hydrogens is 296 g/mol. The van der Waals surface area contributed by atoms with E-state index in [-0.39, 0.29) is 6.04 Å². The lowest BCUT2D eigenvalue weighted by molar-refractivity contribution is 0.224. The van der Waals surface area contributed by atoms with Crippen molar-refractivity contribution in [2.45, 2.75) is 50.5 Å². The molecule has 0 aromatic heterocycles. The monoisotopic (exact) mass is 324 g/mol. The summed E-state index contributed by atoms with van der Waals surface area (Å²) in [5.74, 6) is 0.394. The first-order valence-electron chi connectivity index (χ1n) is 8.04. The third kappa shape index (κ3) is 4.31. The normalized spacial score (nSPS) is 23.0. The average Bonchev–Trinajstić information content (AvgIpc) is 2.43. The molecule has 1 aromatic carbocycles. The van der Waals surface area contributed by atoms with E-state index >= 15 is 0 Å². The van der Waals surface area contributed by atoms with Crippen LogP contribution < -0.4 is 4.72 Å². The average molecular weight is 324 g/mol. The highest BCUT2D eigenvalue weighted by molar-refractivity contribution is 7.89. The van der Waals surface area contributed by atoms with Crippen LogP contribution in [0.2, 0.25) is 0 Å². The van der Waals surface area contributed by atoms with Gasteiger partial charge in [-0.1, -0.05) is 18.9 Å². The fraction of sp³-hybridized carbons (Fsp3) is 0.647. The molecule has 2 atom stereocenters. The molecule has 2 unspecified atom stereocenters. The first-order valence-corrected chi connectivity index (χ1v) is 9.52. The molecule has 1 aliphatic rings. The van der Waals surface area contributed by atoms with Gasteiger partial charge in [0.25, 0.3) is 0 Å². The second-order valence-electron chi connectivity index (χ2n) is 6.78. The van der Waals surface area contributed by atoms with Crippen LogP contribution in [0.3, 0.4) is 0 Å². The Bertz CT molecular complexity index is 611. The highest BCUT2D eigenvalue weighted by Crippen LogP contribution is 2.26. The van der Waals surface area contributed by atoms with Crippen molar-refractivity contribution >= 4 is 10.0 Å². The van der Waals surface area contributed by atoms with Crippen LogP contribution in [0.5, 0.6) is 0 Å². The summed E-state index contributed by atoms with van der Waals surface area (Å²) in [5, 5.41) is 0. The molecule has 4 nitrogen and oxygen atoms in total. The molecule has 0 radical (unpaired) electrons. The van der Waals surface area contributed by atoms with Gasteiger partial charge in [-0.15, -0.1) is 0 Å². The Balaban J connectivity index is 2.16.